The summed E-state index contributed by atoms with van der Waals surface area (Å²) in [6, 6.07) is 13.8. The van der Waals surface area contributed by atoms with Gasteiger partial charge in [-0.05, 0) is 37.3 Å². The number of benzene rings is 2. The zero-order chi connectivity index (χ0) is 20.8. The zero-order valence-electron chi connectivity index (χ0n) is 15.7. The van der Waals surface area contributed by atoms with Crippen molar-refractivity contribution in [2.75, 3.05) is 0 Å². The largest absolute Gasteiger partial charge is 0.488 e. The molecule has 2 unspecified atom stereocenters. The Balaban J connectivity index is 1.72. The molecule has 1 heterocycles. The molecule has 2 aromatic carbocycles. The molecule has 0 spiro atoms. The third-order valence-electron chi connectivity index (χ3n) is 4.38. The summed E-state index contributed by atoms with van der Waals surface area (Å²) in [5.74, 6) is -0.698. The van der Waals surface area contributed by atoms with Gasteiger partial charge in [-0.25, -0.2) is 4.39 Å². The van der Waals surface area contributed by atoms with Gasteiger partial charge in [0.05, 0.1) is 11.6 Å². The number of halogens is 2. The second-order valence-electron chi connectivity index (χ2n) is 6.49. The summed E-state index contributed by atoms with van der Waals surface area (Å²) in [5, 5.41) is 13.3. The van der Waals surface area contributed by atoms with Crippen LogP contribution < -0.4 is 10.1 Å². The van der Waals surface area contributed by atoms with E-state index in [1.165, 1.54) is 18.2 Å². The maximum absolute atomic E-state index is 14.1. The predicted octanol–water partition coefficient (Wildman–Crippen LogP) is 4.31. The van der Waals surface area contributed by atoms with Crippen molar-refractivity contribution in [2.45, 2.75) is 25.7 Å². The van der Waals surface area contributed by atoms with Gasteiger partial charge in [-0.1, -0.05) is 35.9 Å². The van der Waals surface area contributed by atoms with E-state index in [1.807, 2.05) is 6.07 Å². The number of pyridine rings is 1. The first-order valence-corrected chi connectivity index (χ1v) is 9.38. The molecule has 3 rings (SSSR count). The molecular formula is C22H20ClFN2O3. The first-order chi connectivity index (χ1) is 14.0. The quantitative estimate of drug-likeness (QED) is 0.604. The summed E-state index contributed by atoms with van der Waals surface area (Å²) in [6.07, 6.45) is 2.04. The lowest BCUT2D eigenvalue weighted by molar-refractivity contribution is 0.0842. The van der Waals surface area contributed by atoms with Gasteiger partial charge in [-0.2, -0.15) is 0 Å². The number of ether oxygens (including phenoxy) is 1. The fraction of sp³-hybridized carbons (Fsp3) is 0.182. The van der Waals surface area contributed by atoms with Gasteiger partial charge < -0.3 is 15.2 Å². The smallest absolute Gasteiger partial charge is 0.255 e. The topological polar surface area (TPSA) is 71.5 Å². The highest BCUT2D eigenvalue weighted by Gasteiger charge is 2.25. The minimum absolute atomic E-state index is 0.0527. The molecule has 2 N–H and O–H groups in total. The van der Waals surface area contributed by atoms with Crippen LogP contribution in [0.1, 0.15) is 34.5 Å². The van der Waals surface area contributed by atoms with E-state index in [4.69, 9.17) is 16.3 Å². The SMILES string of the molecule is CC(NC(=O)c1ccccc1OCc1cccnc1)C(O)c1c(F)cccc1Cl. The Morgan fingerprint density at radius 2 is 2.00 bits per heavy atom. The number of carbonyl (C=O) groups is 1. The van der Waals surface area contributed by atoms with Crippen molar-refractivity contribution >= 4 is 17.5 Å². The van der Waals surface area contributed by atoms with Crippen LogP contribution in [0.4, 0.5) is 4.39 Å². The van der Waals surface area contributed by atoms with Gasteiger partial charge in [-0.15, -0.1) is 0 Å². The lowest BCUT2D eigenvalue weighted by Gasteiger charge is -2.22. The maximum Gasteiger partial charge on any atom is 0.255 e. The van der Waals surface area contributed by atoms with Crippen molar-refractivity contribution in [2.24, 2.45) is 0 Å². The van der Waals surface area contributed by atoms with E-state index < -0.39 is 23.9 Å². The number of amides is 1. The summed E-state index contributed by atoms with van der Waals surface area (Å²) >= 11 is 6.01. The van der Waals surface area contributed by atoms with Crippen molar-refractivity contribution in [3.05, 3.63) is 94.5 Å². The van der Waals surface area contributed by atoms with E-state index in [2.05, 4.69) is 10.3 Å². The number of rotatable bonds is 7. The monoisotopic (exact) mass is 414 g/mol. The van der Waals surface area contributed by atoms with Gasteiger partial charge >= 0.3 is 0 Å². The highest BCUT2D eigenvalue weighted by molar-refractivity contribution is 6.31. The first-order valence-electron chi connectivity index (χ1n) is 9.01. The van der Waals surface area contributed by atoms with Crippen molar-refractivity contribution < 1.29 is 19.0 Å². The second-order valence-corrected chi connectivity index (χ2v) is 6.90. The second kappa shape index (κ2) is 9.49. The minimum atomic E-state index is -1.31. The Morgan fingerprint density at radius 1 is 1.21 bits per heavy atom. The molecule has 0 radical (unpaired) electrons. The number of hydrogen-bond acceptors (Lipinski definition) is 4. The van der Waals surface area contributed by atoms with E-state index in [9.17, 15) is 14.3 Å². The molecule has 3 aromatic rings. The molecule has 1 aromatic heterocycles. The molecule has 1 amide bonds. The molecule has 0 saturated heterocycles. The van der Waals surface area contributed by atoms with Crippen LogP contribution in [0.3, 0.4) is 0 Å². The lowest BCUT2D eigenvalue weighted by atomic mass is 10.0. The van der Waals surface area contributed by atoms with Gasteiger partial charge in [0.1, 0.15) is 24.3 Å². The number of carbonyl (C=O) groups excluding carboxylic acids is 1. The van der Waals surface area contributed by atoms with E-state index in [-0.39, 0.29) is 17.2 Å². The number of para-hydroxylation sites is 1. The van der Waals surface area contributed by atoms with Gasteiger partial charge in [0, 0.05) is 28.5 Å². The molecule has 0 aliphatic heterocycles. The molecule has 0 bridgehead atoms. The molecule has 0 saturated carbocycles. The fourth-order valence-electron chi connectivity index (χ4n) is 2.83. The molecule has 0 fully saturated rings. The first kappa shape index (κ1) is 20.8. The number of hydrogen-bond donors (Lipinski definition) is 2. The van der Waals surface area contributed by atoms with Gasteiger partial charge in [0.2, 0.25) is 0 Å². The van der Waals surface area contributed by atoms with E-state index >= 15 is 0 Å². The Morgan fingerprint density at radius 3 is 2.72 bits per heavy atom. The van der Waals surface area contributed by atoms with Crippen molar-refractivity contribution in [3.63, 3.8) is 0 Å². The zero-order valence-corrected chi connectivity index (χ0v) is 16.4. The highest BCUT2D eigenvalue weighted by Crippen LogP contribution is 2.28. The van der Waals surface area contributed by atoms with E-state index in [0.29, 0.717) is 11.3 Å². The Hall–Kier alpha value is -2.96. The third kappa shape index (κ3) is 5.10. The van der Waals surface area contributed by atoms with Crippen LogP contribution in [-0.2, 0) is 6.61 Å². The van der Waals surface area contributed by atoms with Gasteiger partial charge in [-0.3, -0.25) is 9.78 Å². The Bertz CT molecular complexity index is 965. The van der Waals surface area contributed by atoms with Crippen LogP contribution in [0, 0.1) is 5.82 Å². The van der Waals surface area contributed by atoms with Crippen LogP contribution in [0.25, 0.3) is 0 Å². The van der Waals surface area contributed by atoms with Crippen LogP contribution in [0.5, 0.6) is 5.75 Å². The van der Waals surface area contributed by atoms with Crippen LogP contribution >= 0.6 is 11.6 Å². The molecule has 2 atom stereocenters. The van der Waals surface area contributed by atoms with Crippen LogP contribution in [0.2, 0.25) is 5.02 Å². The molecule has 5 nitrogen and oxygen atoms in total. The highest BCUT2D eigenvalue weighted by atomic mass is 35.5. The summed E-state index contributed by atoms with van der Waals surface area (Å²) in [4.78, 5) is 16.8. The molecule has 0 aliphatic carbocycles. The molecule has 0 aliphatic rings. The summed E-state index contributed by atoms with van der Waals surface area (Å²) in [5.41, 5.74) is 1.11. The van der Waals surface area contributed by atoms with Gasteiger partial charge in [0.25, 0.3) is 5.91 Å². The normalized spacial score (nSPS) is 12.8. The Labute approximate surface area is 173 Å². The number of nitrogens with zero attached hydrogens (tertiary/aromatic N) is 1. The Kier molecular flexibility index (Phi) is 6.80. The average Bonchev–Trinajstić information content (AvgIpc) is 2.73. The standard InChI is InChI=1S/C22H20ClFN2O3/c1-14(21(27)20-17(23)8-4-9-18(20)24)26-22(28)16-7-2-3-10-19(16)29-13-15-6-5-11-25-12-15/h2-12,14,21,27H,13H2,1H3,(H,26,28). The van der Waals surface area contributed by atoms with E-state index in [1.54, 1.807) is 49.6 Å². The van der Waals surface area contributed by atoms with E-state index in [0.717, 1.165) is 5.56 Å². The predicted molar refractivity (Wildman–Crippen MR) is 108 cm³/mol. The summed E-state index contributed by atoms with van der Waals surface area (Å²) in [7, 11) is 0. The number of aliphatic hydroxyl groups is 1. The average molecular weight is 415 g/mol. The fourth-order valence-corrected chi connectivity index (χ4v) is 3.11. The third-order valence-corrected chi connectivity index (χ3v) is 4.71. The lowest BCUT2D eigenvalue weighted by Crippen LogP contribution is -2.37. The summed E-state index contributed by atoms with van der Waals surface area (Å²) < 4.78 is 19.8. The van der Waals surface area contributed by atoms with Crippen molar-refractivity contribution in [3.8, 4) is 5.75 Å². The maximum atomic E-state index is 14.1. The minimum Gasteiger partial charge on any atom is -0.488 e. The molecule has 150 valence electrons. The summed E-state index contributed by atoms with van der Waals surface area (Å²) in [6.45, 7) is 1.82. The number of nitrogens with one attached hydrogen (secondary N) is 1. The van der Waals surface area contributed by atoms with Crippen molar-refractivity contribution in [1.29, 1.82) is 0 Å². The van der Waals surface area contributed by atoms with Crippen LogP contribution in [0.15, 0.2) is 67.0 Å². The van der Waals surface area contributed by atoms with Crippen molar-refractivity contribution in [1.82, 2.24) is 10.3 Å². The molecule has 29 heavy (non-hydrogen) atoms. The van der Waals surface area contributed by atoms with Gasteiger partial charge in [0.15, 0.2) is 0 Å². The number of aliphatic hydroxyl groups excluding tert-OH is 1. The van der Waals surface area contributed by atoms with Crippen LogP contribution in [-0.4, -0.2) is 22.0 Å². The number of aromatic nitrogens is 1. The molecular weight excluding hydrogens is 395 g/mol. The molecule has 7 heteroatoms.